The van der Waals surface area contributed by atoms with E-state index in [2.05, 4.69) is 5.32 Å². The standard InChI is InChI=1S/C6H11BN2O2/c7-9-2-1-8-5(4-9)3-6(10)11/h5,8H,1-4H2,(H,10,11). The van der Waals surface area contributed by atoms with Crippen LogP contribution < -0.4 is 5.32 Å². The van der Waals surface area contributed by atoms with Crippen molar-refractivity contribution in [2.24, 2.45) is 0 Å². The zero-order valence-electron chi connectivity index (χ0n) is 6.29. The normalized spacial score (nSPS) is 26.7. The molecule has 1 unspecified atom stereocenters. The van der Waals surface area contributed by atoms with Gasteiger partial charge in [0, 0.05) is 19.1 Å². The maximum absolute atomic E-state index is 10.3. The average molecular weight is 154 g/mol. The second kappa shape index (κ2) is 3.73. The lowest BCUT2D eigenvalue weighted by molar-refractivity contribution is -0.137. The van der Waals surface area contributed by atoms with Crippen LogP contribution in [-0.4, -0.2) is 49.5 Å². The van der Waals surface area contributed by atoms with E-state index in [0.29, 0.717) is 6.54 Å². The predicted octanol–water partition coefficient (Wildman–Crippen LogP) is -1.18. The van der Waals surface area contributed by atoms with Crippen LogP contribution in [0.3, 0.4) is 0 Å². The number of hydrogen-bond donors (Lipinski definition) is 2. The first-order chi connectivity index (χ1) is 5.18. The lowest BCUT2D eigenvalue weighted by Gasteiger charge is -2.30. The smallest absolute Gasteiger partial charge is 0.304 e. The Balaban J connectivity index is 2.28. The Morgan fingerprint density at radius 1 is 1.82 bits per heavy atom. The van der Waals surface area contributed by atoms with Crippen molar-refractivity contribution in [1.82, 2.24) is 10.1 Å². The van der Waals surface area contributed by atoms with E-state index in [1.54, 1.807) is 4.81 Å². The molecule has 0 bridgehead atoms. The summed E-state index contributed by atoms with van der Waals surface area (Å²) in [5.41, 5.74) is 0. The topological polar surface area (TPSA) is 52.6 Å². The van der Waals surface area contributed by atoms with Gasteiger partial charge in [-0.15, -0.1) is 0 Å². The first-order valence-corrected chi connectivity index (χ1v) is 3.63. The quantitative estimate of drug-likeness (QED) is 0.491. The fourth-order valence-corrected chi connectivity index (χ4v) is 1.20. The minimum Gasteiger partial charge on any atom is -0.481 e. The lowest BCUT2D eigenvalue weighted by Crippen LogP contribution is -2.50. The molecule has 0 aromatic heterocycles. The van der Waals surface area contributed by atoms with Gasteiger partial charge in [0.1, 0.15) is 0 Å². The Hall–Kier alpha value is -0.545. The van der Waals surface area contributed by atoms with Crippen LogP contribution in [0.2, 0.25) is 0 Å². The Bertz CT molecular complexity index is 154. The molecule has 1 fully saturated rings. The second-order valence-corrected chi connectivity index (χ2v) is 2.74. The molecule has 4 nitrogen and oxygen atoms in total. The number of carboxylic acids is 1. The van der Waals surface area contributed by atoms with Crippen LogP contribution in [0.4, 0.5) is 0 Å². The van der Waals surface area contributed by atoms with E-state index in [1.807, 2.05) is 0 Å². The van der Waals surface area contributed by atoms with Gasteiger partial charge in [0.05, 0.1) is 6.42 Å². The Morgan fingerprint density at radius 3 is 3.09 bits per heavy atom. The molecule has 0 aromatic rings. The molecule has 2 N–H and O–H groups in total. The number of aliphatic carboxylic acids is 1. The summed E-state index contributed by atoms with van der Waals surface area (Å²) in [6, 6.07) is 0.00579. The first-order valence-electron chi connectivity index (χ1n) is 3.63. The van der Waals surface area contributed by atoms with E-state index in [4.69, 9.17) is 13.1 Å². The summed E-state index contributed by atoms with van der Waals surface area (Å²) in [6.45, 7) is 2.18. The van der Waals surface area contributed by atoms with Crippen LogP contribution in [0.1, 0.15) is 6.42 Å². The highest BCUT2D eigenvalue weighted by molar-refractivity contribution is 6.04. The zero-order chi connectivity index (χ0) is 8.27. The van der Waals surface area contributed by atoms with Gasteiger partial charge in [-0.25, -0.2) is 0 Å². The summed E-state index contributed by atoms with van der Waals surface area (Å²) in [6.07, 6.45) is 0.147. The second-order valence-electron chi connectivity index (χ2n) is 2.74. The molecule has 1 aliphatic rings. The molecule has 1 rings (SSSR count). The van der Waals surface area contributed by atoms with E-state index >= 15 is 0 Å². The SMILES string of the molecule is [B]N1CCNC(CC(=O)O)C1. The maximum Gasteiger partial charge on any atom is 0.304 e. The number of carboxylic acid groups (broad SMARTS) is 1. The molecular formula is C6H11BN2O2. The van der Waals surface area contributed by atoms with Crippen LogP contribution in [0.15, 0.2) is 0 Å². The molecule has 2 radical (unpaired) electrons. The minimum atomic E-state index is -0.780. The summed E-state index contributed by atoms with van der Waals surface area (Å²) < 4.78 is 0. The van der Waals surface area contributed by atoms with E-state index in [9.17, 15) is 4.79 Å². The van der Waals surface area contributed by atoms with E-state index in [0.717, 1.165) is 13.1 Å². The first kappa shape index (κ1) is 8.55. The molecule has 5 heteroatoms. The van der Waals surface area contributed by atoms with E-state index < -0.39 is 5.97 Å². The molecule has 0 aliphatic carbocycles. The van der Waals surface area contributed by atoms with Gasteiger partial charge in [0.15, 0.2) is 7.98 Å². The molecule has 0 aromatic carbocycles. The van der Waals surface area contributed by atoms with Crippen molar-refractivity contribution >= 4 is 14.0 Å². The molecular weight excluding hydrogens is 143 g/mol. The molecule has 11 heavy (non-hydrogen) atoms. The number of piperazine rings is 1. The van der Waals surface area contributed by atoms with E-state index in [-0.39, 0.29) is 12.5 Å². The van der Waals surface area contributed by atoms with Crippen LogP contribution in [0.25, 0.3) is 0 Å². The molecule has 1 atom stereocenters. The number of hydrogen-bond acceptors (Lipinski definition) is 3. The highest BCUT2D eigenvalue weighted by atomic mass is 16.4. The molecule has 0 amide bonds. The Kier molecular flexibility index (Phi) is 2.90. The largest absolute Gasteiger partial charge is 0.481 e. The highest BCUT2D eigenvalue weighted by Crippen LogP contribution is 1.99. The van der Waals surface area contributed by atoms with Crippen LogP contribution in [0.5, 0.6) is 0 Å². The van der Waals surface area contributed by atoms with Gasteiger partial charge in [-0.05, 0) is 6.54 Å². The fourth-order valence-electron chi connectivity index (χ4n) is 1.20. The van der Waals surface area contributed by atoms with Gasteiger partial charge in [-0.3, -0.25) is 4.79 Å². The van der Waals surface area contributed by atoms with Gasteiger partial charge in [-0.1, -0.05) is 0 Å². The third-order valence-corrected chi connectivity index (χ3v) is 1.71. The molecule has 0 spiro atoms. The van der Waals surface area contributed by atoms with Gasteiger partial charge in [-0.2, -0.15) is 0 Å². The summed E-state index contributed by atoms with van der Waals surface area (Å²) in [7, 11) is 5.50. The summed E-state index contributed by atoms with van der Waals surface area (Å²) in [5, 5.41) is 11.5. The van der Waals surface area contributed by atoms with Crippen LogP contribution in [0, 0.1) is 0 Å². The Morgan fingerprint density at radius 2 is 2.55 bits per heavy atom. The maximum atomic E-state index is 10.3. The van der Waals surface area contributed by atoms with Gasteiger partial charge >= 0.3 is 5.97 Å². The monoisotopic (exact) mass is 154 g/mol. The van der Waals surface area contributed by atoms with Gasteiger partial charge in [0.25, 0.3) is 0 Å². The minimum absolute atomic E-state index is 0.00579. The highest BCUT2D eigenvalue weighted by Gasteiger charge is 2.17. The number of carbonyl (C=O) groups is 1. The molecule has 0 saturated carbocycles. The molecule has 60 valence electrons. The lowest BCUT2D eigenvalue weighted by atomic mass is 10.1. The van der Waals surface area contributed by atoms with Crippen molar-refractivity contribution in [3.05, 3.63) is 0 Å². The predicted molar refractivity (Wildman–Crippen MR) is 41.4 cm³/mol. The Labute approximate surface area is 67.0 Å². The summed E-state index contributed by atoms with van der Waals surface area (Å²) >= 11 is 0. The zero-order valence-corrected chi connectivity index (χ0v) is 6.29. The number of nitrogens with zero attached hydrogens (tertiary/aromatic N) is 1. The van der Waals surface area contributed by atoms with E-state index in [1.165, 1.54) is 0 Å². The molecule has 1 heterocycles. The fraction of sp³-hybridized carbons (Fsp3) is 0.833. The van der Waals surface area contributed by atoms with Crippen LogP contribution >= 0.6 is 0 Å². The third kappa shape index (κ3) is 2.90. The molecule has 1 saturated heterocycles. The summed E-state index contributed by atoms with van der Waals surface area (Å²) in [5.74, 6) is -0.780. The van der Waals surface area contributed by atoms with Crippen molar-refractivity contribution in [1.29, 1.82) is 0 Å². The van der Waals surface area contributed by atoms with Crippen molar-refractivity contribution < 1.29 is 9.90 Å². The van der Waals surface area contributed by atoms with Crippen molar-refractivity contribution in [3.8, 4) is 0 Å². The van der Waals surface area contributed by atoms with Crippen molar-refractivity contribution in [3.63, 3.8) is 0 Å². The van der Waals surface area contributed by atoms with Crippen molar-refractivity contribution in [2.75, 3.05) is 19.6 Å². The third-order valence-electron chi connectivity index (χ3n) is 1.71. The van der Waals surface area contributed by atoms with Crippen molar-refractivity contribution in [2.45, 2.75) is 12.5 Å². The number of rotatable bonds is 2. The summed E-state index contributed by atoms with van der Waals surface area (Å²) in [4.78, 5) is 11.9. The molecule has 1 aliphatic heterocycles. The van der Waals surface area contributed by atoms with Crippen LogP contribution in [-0.2, 0) is 4.79 Å². The van der Waals surface area contributed by atoms with Gasteiger partial charge < -0.3 is 15.2 Å². The average Bonchev–Trinajstić information content (AvgIpc) is 1.85. The van der Waals surface area contributed by atoms with Gasteiger partial charge in [0.2, 0.25) is 0 Å². The number of nitrogens with one attached hydrogen (secondary N) is 1.